The maximum atomic E-state index is 13.7. The molecule has 3 N–H and O–H groups in total. The highest BCUT2D eigenvalue weighted by atomic mass is 32.2. The summed E-state index contributed by atoms with van der Waals surface area (Å²) in [4.78, 5) is 16.1. The number of benzene rings is 2. The second-order valence-corrected chi connectivity index (χ2v) is 9.91. The lowest BCUT2D eigenvalue weighted by atomic mass is 9.84. The number of carbonyl (C=O) groups is 1. The summed E-state index contributed by atoms with van der Waals surface area (Å²) in [7, 11) is -3.69. The third kappa shape index (κ3) is 7.00. The van der Waals surface area contributed by atoms with E-state index in [1.54, 1.807) is 60.9 Å². The predicted molar refractivity (Wildman–Crippen MR) is 135 cm³/mol. The minimum atomic E-state index is -3.69. The Bertz CT molecular complexity index is 1330. The number of carbonyl (C=O) groups excluding carboxylic acids is 1. The topological polar surface area (TPSA) is 100 Å². The Labute approximate surface area is 203 Å². The molecule has 1 aliphatic rings. The smallest absolute Gasteiger partial charge is 0.319 e. The normalized spacial score (nSPS) is 17.1. The van der Waals surface area contributed by atoms with Crippen molar-refractivity contribution in [2.45, 2.75) is 12.5 Å². The molecule has 35 heavy (non-hydrogen) atoms. The molecule has 0 aliphatic heterocycles. The molecule has 0 saturated carbocycles. The molecule has 2 unspecified atom stereocenters. The van der Waals surface area contributed by atoms with E-state index in [4.69, 9.17) is 0 Å². The Morgan fingerprint density at radius 2 is 1.74 bits per heavy atom. The van der Waals surface area contributed by atoms with Crippen molar-refractivity contribution in [2.24, 2.45) is 5.92 Å². The minimum absolute atomic E-state index is 0.161. The number of nitrogens with one attached hydrogen (secondary N) is 3. The van der Waals surface area contributed by atoms with E-state index >= 15 is 0 Å². The second-order valence-electron chi connectivity index (χ2n) is 8.14. The maximum absolute atomic E-state index is 13.7. The first-order valence-electron chi connectivity index (χ1n) is 11.0. The van der Waals surface area contributed by atoms with E-state index in [-0.39, 0.29) is 29.4 Å². The molecular formula is C26H25FN4O3S. The number of nitrogens with zero attached hydrogens (tertiary/aromatic N) is 1. The van der Waals surface area contributed by atoms with Crippen LogP contribution >= 0.6 is 0 Å². The summed E-state index contributed by atoms with van der Waals surface area (Å²) in [5.74, 6) is -1.11. The van der Waals surface area contributed by atoms with E-state index in [9.17, 15) is 17.6 Å². The van der Waals surface area contributed by atoms with Crippen molar-refractivity contribution >= 4 is 27.4 Å². The van der Waals surface area contributed by atoms with Crippen molar-refractivity contribution < 1.29 is 17.6 Å². The molecule has 2 aromatic carbocycles. The zero-order valence-corrected chi connectivity index (χ0v) is 19.6. The van der Waals surface area contributed by atoms with E-state index < -0.39 is 10.0 Å². The molecule has 3 aromatic rings. The van der Waals surface area contributed by atoms with Crippen LogP contribution in [0.25, 0.3) is 0 Å². The highest BCUT2D eigenvalue weighted by Crippen LogP contribution is 2.32. The van der Waals surface area contributed by atoms with Crippen LogP contribution in [0.1, 0.15) is 17.0 Å². The van der Waals surface area contributed by atoms with Crippen LogP contribution in [0.2, 0.25) is 0 Å². The quantitative estimate of drug-likeness (QED) is 0.420. The molecule has 0 bridgehead atoms. The van der Waals surface area contributed by atoms with Crippen LogP contribution < -0.4 is 15.4 Å². The van der Waals surface area contributed by atoms with E-state index in [0.29, 0.717) is 17.9 Å². The molecule has 2 atom stereocenters. The van der Waals surface area contributed by atoms with Gasteiger partial charge in [0, 0.05) is 42.1 Å². The first kappa shape index (κ1) is 24.2. The standard InChI is InChI=1S/C26H25FN4O3S/c27-22-8-3-7-20(15-22)25-9-2-1-6-21(25)18-35(33,34)31-24-12-10-23(11-13-24)30-26(32)29-17-19-5-4-14-28-16-19/h1-16,21,25,31H,17-18H2,(H2,29,30,32). The van der Waals surface area contributed by atoms with Gasteiger partial charge >= 0.3 is 6.03 Å². The molecular weight excluding hydrogens is 467 g/mol. The number of allylic oxidation sites excluding steroid dienone is 4. The van der Waals surface area contributed by atoms with Gasteiger partial charge in [0.1, 0.15) is 5.82 Å². The molecule has 180 valence electrons. The fraction of sp³-hybridized carbons (Fsp3) is 0.154. The fourth-order valence-corrected chi connectivity index (χ4v) is 5.24. The lowest BCUT2D eigenvalue weighted by Gasteiger charge is -2.24. The molecule has 0 radical (unpaired) electrons. The van der Waals surface area contributed by atoms with Crippen molar-refractivity contribution in [1.82, 2.24) is 10.3 Å². The first-order valence-corrected chi connectivity index (χ1v) is 12.7. The van der Waals surface area contributed by atoms with Gasteiger partial charge in [-0.1, -0.05) is 42.5 Å². The van der Waals surface area contributed by atoms with Gasteiger partial charge in [-0.15, -0.1) is 0 Å². The Morgan fingerprint density at radius 3 is 2.49 bits per heavy atom. The van der Waals surface area contributed by atoms with Gasteiger partial charge in [-0.25, -0.2) is 17.6 Å². The third-order valence-corrected chi connectivity index (χ3v) is 6.86. The maximum Gasteiger partial charge on any atom is 0.319 e. The number of amides is 2. The SMILES string of the molecule is O=C(NCc1cccnc1)Nc1ccc(NS(=O)(=O)CC2C=CC=CC2c2cccc(F)c2)cc1. The highest BCUT2D eigenvalue weighted by Gasteiger charge is 2.26. The van der Waals surface area contributed by atoms with Crippen LogP contribution in [-0.2, 0) is 16.6 Å². The van der Waals surface area contributed by atoms with Crippen LogP contribution in [0.15, 0.2) is 97.4 Å². The lowest BCUT2D eigenvalue weighted by molar-refractivity contribution is 0.251. The van der Waals surface area contributed by atoms with Gasteiger partial charge in [0.15, 0.2) is 0 Å². The van der Waals surface area contributed by atoms with Gasteiger partial charge in [-0.3, -0.25) is 9.71 Å². The van der Waals surface area contributed by atoms with E-state index in [1.165, 1.54) is 12.1 Å². The Hall–Kier alpha value is -3.98. The number of rotatable bonds is 8. The number of sulfonamides is 1. The summed E-state index contributed by atoms with van der Waals surface area (Å²) in [6.45, 7) is 0.332. The Kier molecular flexibility index (Phi) is 7.57. The average molecular weight is 493 g/mol. The van der Waals surface area contributed by atoms with E-state index in [1.807, 2.05) is 24.3 Å². The van der Waals surface area contributed by atoms with Gasteiger partial charge in [0.05, 0.1) is 5.75 Å². The fourth-order valence-electron chi connectivity index (χ4n) is 3.84. The number of hydrogen-bond acceptors (Lipinski definition) is 4. The molecule has 0 saturated heterocycles. The molecule has 4 rings (SSSR count). The second kappa shape index (κ2) is 11.0. The Morgan fingerprint density at radius 1 is 0.971 bits per heavy atom. The summed E-state index contributed by atoms with van der Waals surface area (Å²) >= 11 is 0. The van der Waals surface area contributed by atoms with Crippen molar-refractivity contribution in [3.63, 3.8) is 0 Å². The van der Waals surface area contributed by atoms with Crippen molar-refractivity contribution in [2.75, 3.05) is 15.8 Å². The van der Waals surface area contributed by atoms with Crippen molar-refractivity contribution in [3.8, 4) is 0 Å². The zero-order chi connectivity index (χ0) is 24.7. The summed E-state index contributed by atoms with van der Waals surface area (Å²) in [6, 6.07) is 15.8. The van der Waals surface area contributed by atoms with Gasteiger partial charge < -0.3 is 10.6 Å². The number of urea groups is 1. The third-order valence-electron chi connectivity index (χ3n) is 5.49. The number of pyridine rings is 1. The largest absolute Gasteiger partial charge is 0.334 e. The Balaban J connectivity index is 1.34. The van der Waals surface area contributed by atoms with E-state index in [0.717, 1.165) is 11.1 Å². The molecule has 7 nitrogen and oxygen atoms in total. The van der Waals surface area contributed by atoms with Crippen LogP contribution in [0.4, 0.5) is 20.6 Å². The molecule has 2 amide bonds. The van der Waals surface area contributed by atoms with Crippen LogP contribution in [-0.4, -0.2) is 25.2 Å². The summed E-state index contributed by atoms with van der Waals surface area (Å²) in [6.07, 6.45) is 10.7. The monoisotopic (exact) mass is 492 g/mol. The van der Waals surface area contributed by atoms with Crippen molar-refractivity contribution in [1.29, 1.82) is 0 Å². The van der Waals surface area contributed by atoms with Gasteiger partial charge in [-0.2, -0.15) is 0 Å². The molecule has 1 aliphatic carbocycles. The molecule has 0 fully saturated rings. The van der Waals surface area contributed by atoms with Crippen LogP contribution in [0.5, 0.6) is 0 Å². The molecule has 9 heteroatoms. The highest BCUT2D eigenvalue weighted by molar-refractivity contribution is 7.92. The first-order chi connectivity index (χ1) is 16.9. The van der Waals surface area contributed by atoms with Crippen molar-refractivity contribution in [3.05, 3.63) is 114 Å². The van der Waals surface area contributed by atoms with Crippen LogP contribution in [0.3, 0.4) is 0 Å². The van der Waals surface area contributed by atoms with Gasteiger partial charge in [-0.05, 0) is 53.6 Å². The summed E-state index contributed by atoms with van der Waals surface area (Å²) < 4.78 is 42.0. The molecule has 0 spiro atoms. The zero-order valence-electron chi connectivity index (χ0n) is 18.8. The van der Waals surface area contributed by atoms with Gasteiger partial charge in [0.25, 0.3) is 0 Å². The van der Waals surface area contributed by atoms with Crippen LogP contribution in [0, 0.1) is 11.7 Å². The minimum Gasteiger partial charge on any atom is -0.334 e. The molecule has 1 aromatic heterocycles. The van der Waals surface area contributed by atoms with E-state index in [2.05, 4.69) is 20.3 Å². The number of halogens is 1. The molecule has 1 heterocycles. The summed E-state index contributed by atoms with van der Waals surface area (Å²) in [5.41, 5.74) is 2.49. The summed E-state index contributed by atoms with van der Waals surface area (Å²) in [5, 5.41) is 5.43. The lowest BCUT2D eigenvalue weighted by Crippen LogP contribution is -2.28. The number of aromatic nitrogens is 1. The predicted octanol–water partition coefficient (Wildman–Crippen LogP) is 4.81. The number of hydrogen-bond donors (Lipinski definition) is 3. The number of anilines is 2. The van der Waals surface area contributed by atoms with Gasteiger partial charge in [0.2, 0.25) is 10.0 Å². The average Bonchev–Trinajstić information content (AvgIpc) is 2.84.